The van der Waals surface area contributed by atoms with Gasteiger partial charge in [0.15, 0.2) is 23.0 Å². The third-order valence-electron chi connectivity index (χ3n) is 13.7. The monoisotopic (exact) mass is 1020 g/mol. The van der Waals surface area contributed by atoms with Crippen LogP contribution in [0.5, 0.6) is 23.0 Å². The van der Waals surface area contributed by atoms with Crippen molar-refractivity contribution in [3.8, 4) is 23.0 Å². The number of esters is 4. The van der Waals surface area contributed by atoms with Crippen LogP contribution in [0.15, 0.2) is 72.8 Å². The van der Waals surface area contributed by atoms with E-state index in [1.807, 2.05) is 67.6 Å². The van der Waals surface area contributed by atoms with Crippen LogP contribution in [0.2, 0.25) is 0 Å². The summed E-state index contributed by atoms with van der Waals surface area (Å²) in [5.74, 6) is -1.01. The topological polar surface area (TPSA) is 153 Å². The number of carbonyl (C=O) groups excluding carboxylic acids is 4. The van der Waals surface area contributed by atoms with Gasteiger partial charge < -0.3 is 32.7 Å². The van der Waals surface area contributed by atoms with E-state index >= 15 is 0 Å². The van der Waals surface area contributed by atoms with E-state index in [4.69, 9.17) is 32.7 Å². The lowest BCUT2D eigenvalue weighted by molar-refractivity contribution is 0.0506. The standard InChI is InChI=1S/C55H64N4O11P2/c1-15-64-49(60)41-23-19-37-31(5)38-20-24-42(50(61)65-16-2)57(38)71(56(37)41)69-45-29-33(53(7,8)9)27-35-47(45)68-48-36(55(35,13)14)28-34(54(10,11)12)30-46(48)70-72-58-39(21-25-43(58)51(62)66-17-3)32(6)40-22-26-44(59(40)72)52(63)67-18-4/h19-32H,15-18H2,1-14H3. The summed E-state index contributed by atoms with van der Waals surface area (Å²) in [6.45, 7) is 28.9. The van der Waals surface area contributed by atoms with Gasteiger partial charge in [-0.1, -0.05) is 81.4 Å². The predicted molar refractivity (Wildman–Crippen MR) is 276 cm³/mol. The molecule has 15 nitrogen and oxygen atoms in total. The summed E-state index contributed by atoms with van der Waals surface area (Å²) >= 11 is 0. The molecule has 0 unspecified atom stereocenters. The molecule has 2 aromatic carbocycles. The molecule has 3 aliphatic rings. The van der Waals surface area contributed by atoms with Gasteiger partial charge in [-0.2, -0.15) is 0 Å². The molecule has 17 heteroatoms. The zero-order chi connectivity index (χ0) is 51.9. The molecule has 0 amide bonds. The van der Waals surface area contributed by atoms with Crippen LogP contribution in [0.25, 0.3) is 0 Å². The number of carbonyl (C=O) groups is 4. The lowest BCUT2D eigenvalue weighted by atomic mass is 9.72. The summed E-state index contributed by atoms with van der Waals surface area (Å²) < 4.78 is 52.1. The van der Waals surface area contributed by atoms with Crippen molar-refractivity contribution in [3.63, 3.8) is 0 Å². The van der Waals surface area contributed by atoms with E-state index in [1.54, 1.807) is 52.0 Å². The van der Waals surface area contributed by atoms with Gasteiger partial charge in [-0.05, 0) is 110 Å². The van der Waals surface area contributed by atoms with E-state index in [1.165, 1.54) is 0 Å². The second kappa shape index (κ2) is 18.6. The highest BCUT2D eigenvalue weighted by Crippen LogP contribution is 2.62. The van der Waals surface area contributed by atoms with Crippen LogP contribution in [-0.2, 0) is 35.2 Å². The number of aromatic nitrogens is 4. The fourth-order valence-electron chi connectivity index (χ4n) is 9.70. The van der Waals surface area contributed by atoms with Crippen molar-refractivity contribution in [2.75, 3.05) is 26.4 Å². The summed E-state index contributed by atoms with van der Waals surface area (Å²) in [6, 6.07) is 22.9. The molecule has 0 aliphatic carbocycles. The van der Waals surface area contributed by atoms with Gasteiger partial charge in [0.1, 0.15) is 22.8 Å². The first-order valence-corrected chi connectivity index (χ1v) is 27.0. The van der Waals surface area contributed by atoms with Gasteiger partial charge in [-0.15, -0.1) is 0 Å². The van der Waals surface area contributed by atoms with Crippen LogP contribution < -0.4 is 13.8 Å². The Morgan fingerprint density at radius 1 is 0.500 bits per heavy atom. The lowest BCUT2D eigenvalue weighted by Crippen LogP contribution is -2.29. The molecule has 0 spiro atoms. The summed E-state index contributed by atoms with van der Waals surface area (Å²) in [6.07, 6.45) is 0. The van der Waals surface area contributed by atoms with Crippen molar-refractivity contribution in [1.29, 1.82) is 0 Å². The number of benzene rings is 2. The smallest absolute Gasteiger partial charge is 0.355 e. The first kappa shape index (κ1) is 50.6. The molecule has 0 N–H and O–H groups in total. The fourth-order valence-corrected chi connectivity index (χ4v) is 14.1. The molecule has 6 aromatic rings. The molecule has 7 heterocycles. The van der Waals surface area contributed by atoms with Gasteiger partial charge in [0.2, 0.25) is 0 Å². The summed E-state index contributed by atoms with van der Waals surface area (Å²) in [5.41, 5.74) is 6.46. The highest BCUT2D eigenvalue weighted by atomic mass is 31.2. The summed E-state index contributed by atoms with van der Waals surface area (Å²) in [4.78, 5) is 55.3. The predicted octanol–water partition coefficient (Wildman–Crippen LogP) is 13.0. The number of hydrogen-bond acceptors (Lipinski definition) is 11. The van der Waals surface area contributed by atoms with Crippen LogP contribution in [0, 0.1) is 0 Å². The maximum absolute atomic E-state index is 13.8. The number of fused-ring (bicyclic) bond motifs is 6. The van der Waals surface area contributed by atoms with E-state index in [0.717, 1.165) is 45.0 Å². The van der Waals surface area contributed by atoms with E-state index < -0.39 is 46.2 Å². The van der Waals surface area contributed by atoms with Gasteiger partial charge in [-0.25, -0.2) is 19.2 Å². The summed E-state index contributed by atoms with van der Waals surface area (Å²) in [5, 5.41) is 0. The van der Waals surface area contributed by atoms with Crippen LogP contribution >= 0.6 is 16.9 Å². The molecular weight excluding hydrogens is 955 g/mol. The SMILES string of the molecule is CCOC(=O)c1ccc2n1P(Oc1cc(C(C)(C)C)cc3c1Oc1c(OP4n5c(C(=O)OCC)ccc5C(C)c5ccc(C(=O)OCC)n54)cc(C(C)(C)C)cc1C3(C)C)n1c(C(=O)OCC)ccc1C2C. The number of ether oxygens (including phenoxy) is 5. The van der Waals surface area contributed by atoms with Crippen molar-refractivity contribution in [1.82, 2.24) is 17.4 Å². The van der Waals surface area contributed by atoms with Crippen molar-refractivity contribution in [2.45, 2.75) is 125 Å². The Bertz CT molecular complexity index is 2820. The quantitative estimate of drug-likeness (QED) is 0.0654. The minimum Gasteiger partial charge on any atom is -0.461 e. The van der Waals surface area contributed by atoms with Crippen LogP contribution in [0.1, 0.15) is 196 Å². The number of hydrogen-bond donors (Lipinski definition) is 0. The molecule has 0 bridgehead atoms. The molecule has 9 rings (SSSR count). The van der Waals surface area contributed by atoms with Crippen molar-refractivity contribution in [2.24, 2.45) is 0 Å². The van der Waals surface area contributed by atoms with Crippen molar-refractivity contribution >= 4 is 40.8 Å². The Morgan fingerprint density at radius 3 is 1.03 bits per heavy atom. The normalized spacial score (nSPS) is 18.2. The first-order valence-electron chi connectivity index (χ1n) is 24.6. The molecular formula is C55H64N4O11P2. The van der Waals surface area contributed by atoms with Crippen molar-refractivity contribution < 1.29 is 51.9 Å². The minimum absolute atomic E-state index is 0.161. The second-order valence-corrected chi connectivity index (χ2v) is 23.7. The van der Waals surface area contributed by atoms with E-state index in [-0.39, 0.29) is 71.9 Å². The zero-order valence-electron chi connectivity index (χ0n) is 43.6. The number of nitrogens with zero attached hydrogens (tertiary/aromatic N) is 4. The molecule has 4 aromatic heterocycles. The van der Waals surface area contributed by atoms with Crippen LogP contribution in [0.3, 0.4) is 0 Å². The van der Waals surface area contributed by atoms with E-state index in [9.17, 15) is 19.2 Å². The highest BCUT2D eigenvalue weighted by Gasteiger charge is 2.46. The molecule has 0 fully saturated rings. The number of rotatable bonds is 12. The molecule has 0 saturated heterocycles. The van der Waals surface area contributed by atoms with Gasteiger partial charge in [-0.3, -0.25) is 17.4 Å². The molecule has 380 valence electrons. The summed E-state index contributed by atoms with van der Waals surface area (Å²) in [7, 11) is -4.23. The third kappa shape index (κ3) is 8.30. The van der Waals surface area contributed by atoms with Gasteiger partial charge in [0.25, 0.3) is 0 Å². The van der Waals surface area contributed by atoms with E-state index in [0.29, 0.717) is 23.0 Å². The van der Waals surface area contributed by atoms with Gasteiger partial charge >= 0.3 is 40.8 Å². The molecule has 0 saturated carbocycles. The van der Waals surface area contributed by atoms with Crippen molar-refractivity contribution in [3.05, 3.63) is 141 Å². The molecule has 0 radical (unpaired) electrons. The Morgan fingerprint density at radius 2 is 0.778 bits per heavy atom. The second-order valence-electron chi connectivity index (χ2n) is 20.8. The Kier molecular flexibility index (Phi) is 13.1. The molecule has 3 aliphatic heterocycles. The Balaban J connectivity index is 1.28. The minimum atomic E-state index is -2.11. The lowest BCUT2D eigenvalue weighted by Gasteiger charge is -2.40. The third-order valence-corrected chi connectivity index (χ3v) is 17.6. The maximum Gasteiger partial charge on any atom is 0.355 e. The van der Waals surface area contributed by atoms with Gasteiger partial charge in [0.05, 0.1) is 26.4 Å². The van der Waals surface area contributed by atoms with Gasteiger partial charge in [0, 0.05) is 51.2 Å². The first-order chi connectivity index (χ1) is 34.1. The van der Waals surface area contributed by atoms with E-state index in [2.05, 4.69) is 67.5 Å². The zero-order valence-corrected chi connectivity index (χ0v) is 45.4. The largest absolute Gasteiger partial charge is 0.461 e. The maximum atomic E-state index is 13.8. The van der Waals surface area contributed by atoms with Crippen LogP contribution in [-0.4, -0.2) is 67.7 Å². The fraction of sp³-hybridized carbons (Fsp3) is 0.418. The Hall–Kier alpha value is -6.30. The van der Waals surface area contributed by atoms with Crippen LogP contribution in [0.4, 0.5) is 0 Å². The molecule has 72 heavy (non-hydrogen) atoms. The molecule has 0 atom stereocenters. The average molecular weight is 1020 g/mol. The average Bonchev–Trinajstić information content (AvgIpc) is 4.15. The highest BCUT2D eigenvalue weighted by molar-refractivity contribution is 7.50. The Labute approximate surface area is 423 Å².